The van der Waals surface area contributed by atoms with E-state index >= 15 is 0 Å². The molecule has 5 rings (SSSR count). The lowest BCUT2D eigenvalue weighted by molar-refractivity contribution is -0.140. The summed E-state index contributed by atoms with van der Waals surface area (Å²) >= 11 is 0. The van der Waals surface area contributed by atoms with Crippen LogP contribution in [0.1, 0.15) is 17.0 Å². The van der Waals surface area contributed by atoms with Gasteiger partial charge in [-0.2, -0.15) is 18.3 Å². The first-order valence-electron chi connectivity index (χ1n) is 10.8. The van der Waals surface area contributed by atoms with Crippen molar-refractivity contribution in [2.75, 3.05) is 7.11 Å². The molecule has 0 bridgehead atoms. The first-order valence-corrected chi connectivity index (χ1v) is 10.8. The molecule has 3 aromatic heterocycles. The predicted molar refractivity (Wildman–Crippen MR) is 125 cm³/mol. The topological polar surface area (TPSA) is 70.7 Å². The van der Waals surface area contributed by atoms with Crippen LogP contribution in [0.2, 0.25) is 0 Å². The van der Waals surface area contributed by atoms with E-state index in [-0.39, 0.29) is 5.82 Å². The van der Waals surface area contributed by atoms with Crippen LogP contribution in [0.4, 0.5) is 13.2 Å². The molecule has 0 N–H and O–H groups in total. The third-order valence-corrected chi connectivity index (χ3v) is 5.76. The van der Waals surface area contributed by atoms with Gasteiger partial charge < -0.3 is 9.30 Å². The van der Waals surface area contributed by atoms with E-state index in [4.69, 9.17) is 9.72 Å². The van der Waals surface area contributed by atoms with Gasteiger partial charge in [-0.15, -0.1) is 0 Å². The Bertz CT molecular complexity index is 1520. The van der Waals surface area contributed by atoms with Crippen molar-refractivity contribution in [3.05, 3.63) is 77.9 Å². The van der Waals surface area contributed by atoms with Crippen molar-refractivity contribution in [1.82, 2.24) is 29.3 Å². The van der Waals surface area contributed by atoms with E-state index < -0.39 is 11.9 Å². The third-order valence-electron chi connectivity index (χ3n) is 5.76. The standard InChI is InChI=1S/C25H21F3N6O/c1-33-14-21(25(26,27)28)30-24(33)16-10-8-15(9-11-16)12-18-22-19(34(2)32-18)13-29-23(31-22)17-6-4-5-7-20(17)35-3/h4-11,13-14H,12H2,1-3H3. The Morgan fingerprint density at radius 1 is 0.971 bits per heavy atom. The summed E-state index contributed by atoms with van der Waals surface area (Å²) in [5.74, 6) is 1.46. The lowest BCUT2D eigenvalue weighted by Crippen LogP contribution is -2.04. The predicted octanol–water partition coefficient (Wildman–Crippen LogP) is 5.05. The van der Waals surface area contributed by atoms with E-state index in [2.05, 4.69) is 15.1 Å². The van der Waals surface area contributed by atoms with Crippen LogP contribution in [0.3, 0.4) is 0 Å². The minimum absolute atomic E-state index is 0.251. The highest BCUT2D eigenvalue weighted by atomic mass is 19.4. The fourth-order valence-corrected chi connectivity index (χ4v) is 4.02. The summed E-state index contributed by atoms with van der Waals surface area (Å²) in [6, 6.07) is 14.8. The Labute approximate surface area is 198 Å². The zero-order valence-electron chi connectivity index (χ0n) is 19.2. The first-order chi connectivity index (χ1) is 16.7. The molecule has 2 aromatic carbocycles. The lowest BCUT2D eigenvalue weighted by Gasteiger charge is -2.07. The minimum atomic E-state index is -4.49. The van der Waals surface area contributed by atoms with E-state index in [9.17, 15) is 13.2 Å². The largest absolute Gasteiger partial charge is 0.496 e. The maximum absolute atomic E-state index is 13.0. The molecule has 0 atom stereocenters. The molecule has 0 fully saturated rings. The van der Waals surface area contributed by atoms with Crippen molar-refractivity contribution in [3.8, 4) is 28.5 Å². The molecule has 3 heterocycles. The van der Waals surface area contributed by atoms with Crippen LogP contribution in [0.15, 0.2) is 60.9 Å². The van der Waals surface area contributed by atoms with Crippen LogP contribution in [-0.2, 0) is 26.7 Å². The van der Waals surface area contributed by atoms with Crippen LogP contribution in [-0.4, -0.2) is 36.4 Å². The zero-order valence-corrected chi connectivity index (χ0v) is 19.2. The highest BCUT2D eigenvalue weighted by Crippen LogP contribution is 2.31. The Balaban J connectivity index is 1.46. The zero-order chi connectivity index (χ0) is 24.7. The molecule has 10 heteroatoms. The Morgan fingerprint density at radius 2 is 1.71 bits per heavy atom. The Hall–Kier alpha value is -4.21. The number of imidazole rings is 1. The summed E-state index contributed by atoms with van der Waals surface area (Å²) < 4.78 is 47.6. The fraction of sp³-hybridized carbons (Fsp3) is 0.200. The molecular formula is C25H21F3N6O. The number of rotatable bonds is 5. The fourth-order valence-electron chi connectivity index (χ4n) is 4.02. The van der Waals surface area contributed by atoms with Crippen molar-refractivity contribution < 1.29 is 17.9 Å². The monoisotopic (exact) mass is 478 g/mol. The molecule has 0 spiro atoms. The summed E-state index contributed by atoms with van der Waals surface area (Å²) in [5.41, 5.74) is 3.70. The molecule has 0 aliphatic heterocycles. The maximum Gasteiger partial charge on any atom is 0.434 e. The van der Waals surface area contributed by atoms with Gasteiger partial charge in [0.2, 0.25) is 0 Å². The summed E-state index contributed by atoms with van der Waals surface area (Å²) in [6.07, 6.45) is -1.26. The SMILES string of the molecule is COc1ccccc1-c1ncc2c(n1)c(Cc1ccc(-c3nc(C(F)(F)F)cn3C)cc1)nn2C. The van der Waals surface area contributed by atoms with Gasteiger partial charge in [0.05, 0.1) is 24.6 Å². The molecule has 35 heavy (non-hydrogen) atoms. The molecule has 0 unspecified atom stereocenters. The maximum atomic E-state index is 13.0. The number of alkyl halides is 3. The minimum Gasteiger partial charge on any atom is -0.496 e. The Kier molecular flexibility index (Phi) is 5.50. The van der Waals surface area contributed by atoms with E-state index in [1.54, 1.807) is 37.2 Å². The van der Waals surface area contributed by atoms with E-state index in [1.165, 1.54) is 4.57 Å². The van der Waals surface area contributed by atoms with Gasteiger partial charge in [-0.3, -0.25) is 4.68 Å². The van der Waals surface area contributed by atoms with Gasteiger partial charge >= 0.3 is 6.18 Å². The molecule has 0 radical (unpaired) electrons. The number of benzene rings is 2. The number of fused-ring (bicyclic) bond motifs is 1. The molecule has 0 amide bonds. The first kappa shape index (κ1) is 22.6. The van der Waals surface area contributed by atoms with E-state index in [0.717, 1.165) is 34.1 Å². The average molecular weight is 478 g/mol. The number of ether oxygens (including phenoxy) is 1. The molecule has 178 valence electrons. The van der Waals surface area contributed by atoms with Gasteiger partial charge in [-0.25, -0.2) is 15.0 Å². The van der Waals surface area contributed by atoms with Gasteiger partial charge in [0.1, 0.15) is 22.6 Å². The van der Waals surface area contributed by atoms with Gasteiger partial charge in [0.15, 0.2) is 11.5 Å². The Morgan fingerprint density at radius 3 is 2.40 bits per heavy atom. The number of methoxy groups -OCH3 is 1. The van der Waals surface area contributed by atoms with Crippen molar-refractivity contribution in [2.45, 2.75) is 12.6 Å². The van der Waals surface area contributed by atoms with Crippen LogP contribution in [0.25, 0.3) is 33.8 Å². The van der Waals surface area contributed by atoms with Crippen molar-refractivity contribution in [2.24, 2.45) is 14.1 Å². The molecule has 5 aromatic rings. The summed E-state index contributed by atoms with van der Waals surface area (Å²) in [6.45, 7) is 0. The van der Waals surface area contributed by atoms with Gasteiger partial charge in [0, 0.05) is 32.3 Å². The third kappa shape index (κ3) is 4.23. The number of halogens is 3. The molecule has 7 nitrogen and oxygen atoms in total. The van der Waals surface area contributed by atoms with Gasteiger partial charge in [0.25, 0.3) is 0 Å². The van der Waals surface area contributed by atoms with Crippen LogP contribution in [0, 0.1) is 0 Å². The number of aryl methyl sites for hydroxylation is 2. The number of nitrogens with zero attached hydrogens (tertiary/aromatic N) is 6. The second kappa shape index (κ2) is 8.53. The van der Waals surface area contributed by atoms with E-state index in [0.29, 0.717) is 23.6 Å². The quantitative estimate of drug-likeness (QED) is 0.354. The molecule has 0 saturated heterocycles. The van der Waals surface area contributed by atoms with Crippen molar-refractivity contribution in [1.29, 1.82) is 0 Å². The van der Waals surface area contributed by atoms with Crippen LogP contribution >= 0.6 is 0 Å². The average Bonchev–Trinajstić information content (AvgIpc) is 3.39. The second-order valence-corrected chi connectivity index (χ2v) is 8.13. The van der Waals surface area contributed by atoms with Gasteiger partial charge in [-0.1, -0.05) is 36.4 Å². The van der Waals surface area contributed by atoms with Crippen molar-refractivity contribution >= 4 is 11.0 Å². The number of aromatic nitrogens is 6. The summed E-state index contributed by atoms with van der Waals surface area (Å²) in [4.78, 5) is 13.0. The molecule has 0 saturated carbocycles. The van der Waals surface area contributed by atoms with Crippen LogP contribution in [0.5, 0.6) is 5.75 Å². The van der Waals surface area contributed by atoms with Crippen molar-refractivity contribution in [3.63, 3.8) is 0 Å². The highest BCUT2D eigenvalue weighted by molar-refractivity contribution is 5.80. The molecular weight excluding hydrogens is 457 g/mol. The summed E-state index contributed by atoms with van der Waals surface area (Å²) in [7, 11) is 4.98. The number of hydrogen-bond acceptors (Lipinski definition) is 5. The highest BCUT2D eigenvalue weighted by Gasteiger charge is 2.34. The number of para-hydroxylation sites is 1. The van der Waals surface area contributed by atoms with E-state index in [1.807, 2.05) is 43.4 Å². The molecule has 0 aliphatic rings. The normalized spacial score (nSPS) is 11.8. The van der Waals surface area contributed by atoms with Gasteiger partial charge in [-0.05, 0) is 17.7 Å². The number of hydrogen-bond donors (Lipinski definition) is 0. The molecule has 0 aliphatic carbocycles. The van der Waals surface area contributed by atoms with Crippen LogP contribution < -0.4 is 4.74 Å². The second-order valence-electron chi connectivity index (χ2n) is 8.13. The lowest BCUT2D eigenvalue weighted by atomic mass is 10.1. The summed E-state index contributed by atoms with van der Waals surface area (Å²) in [5, 5.41) is 4.63. The smallest absolute Gasteiger partial charge is 0.434 e.